The molecule has 2 aromatic carbocycles. The fourth-order valence-electron chi connectivity index (χ4n) is 3.82. The molecule has 1 aliphatic heterocycles. The Hall–Kier alpha value is -3.81. The van der Waals surface area contributed by atoms with Crippen molar-refractivity contribution in [3.63, 3.8) is 0 Å². The average molecular weight is 434 g/mol. The summed E-state index contributed by atoms with van der Waals surface area (Å²) in [5.74, 6) is -1.10. The molecule has 0 radical (unpaired) electrons. The molecule has 164 valence electrons. The van der Waals surface area contributed by atoms with Gasteiger partial charge in [0, 0.05) is 29.9 Å². The molecule has 0 bridgehead atoms. The van der Waals surface area contributed by atoms with Crippen LogP contribution in [0.25, 0.3) is 0 Å². The molecule has 2 amide bonds. The predicted molar refractivity (Wildman–Crippen MR) is 119 cm³/mol. The number of para-hydroxylation sites is 1. The lowest BCUT2D eigenvalue weighted by molar-refractivity contribution is -0.116. The third kappa shape index (κ3) is 4.30. The molecule has 0 aliphatic carbocycles. The van der Waals surface area contributed by atoms with Crippen LogP contribution >= 0.6 is 0 Å². The fourth-order valence-corrected chi connectivity index (χ4v) is 3.82. The van der Waals surface area contributed by atoms with Gasteiger partial charge in [0.25, 0.3) is 11.5 Å². The monoisotopic (exact) mass is 434 g/mol. The van der Waals surface area contributed by atoms with Crippen LogP contribution in [0, 0.1) is 12.7 Å². The second-order valence-electron chi connectivity index (χ2n) is 7.90. The van der Waals surface area contributed by atoms with Crippen LogP contribution in [0.4, 0.5) is 15.8 Å². The first kappa shape index (κ1) is 21.4. The summed E-state index contributed by atoms with van der Waals surface area (Å²) in [5.41, 5.74) is 2.47. The van der Waals surface area contributed by atoms with Crippen molar-refractivity contribution in [2.75, 3.05) is 10.2 Å². The van der Waals surface area contributed by atoms with Gasteiger partial charge in [-0.25, -0.2) is 9.07 Å². The summed E-state index contributed by atoms with van der Waals surface area (Å²) >= 11 is 0. The molecule has 1 atom stereocenters. The standard InChI is InChI=1S/C24H23FN4O3/c1-15-7-8-18(14-19(15)25)26-22(30)11-12-28-23(31)10-9-20(27-28)24(32)29-16(2)13-17-5-3-4-6-21(17)29/h3-10,14,16H,11-13H2,1-2H3,(H,26,30). The molecule has 1 unspecified atom stereocenters. The number of rotatable bonds is 5. The summed E-state index contributed by atoms with van der Waals surface area (Å²) < 4.78 is 14.8. The number of hydrogen-bond acceptors (Lipinski definition) is 4. The van der Waals surface area contributed by atoms with E-state index >= 15 is 0 Å². The van der Waals surface area contributed by atoms with Crippen molar-refractivity contribution in [1.29, 1.82) is 0 Å². The van der Waals surface area contributed by atoms with Crippen molar-refractivity contribution in [3.05, 3.63) is 87.6 Å². The van der Waals surface area contributed by atoms with E-state index in [1.54, 1.807) is 24.0 Å². The molecule has 32 heavy (non-hydrogen) atoms. The van der Waals surface area contributed by atoms with Crippen molar-refractivity contribution in [2.45, 2.75) is 39.3 Å². The van der Waals surface area contributed by atoms with Crippen LogP contribution in [-0.2, 0) is 17.8 Å². The molecule has 1 N–H and O–H groups in total. The summed E-state index contributed by atoms with van der Waals surface area (Å²) in [6.45, 7) is 3.59. The normalized spacial score (nSPS) is 14.8. The molecule has 1 aromatic heterocycles. The van der Waals surface area contributed by atoms with Crippen molar-refractivity contribution in [3.8, 4) is 0 Å². The Bertz CT molecular complexity index is 1250. The minimum absolute atomic E-state index is 0.00767. The number of hydrogen-bond donors (Lipinski definition) is 1. The van der Waals surface area contributed by atoms with E-state index in [1.165, 1.54) is 18.2 Å². The Kier molecular flexibility index (Phi) is 5.85. The van der Waals surface area contributed by atoms with Crippen LogP contribution in [0.1, 0.15) is 35.0 Å². The third-order valence-corrected chi connectivity index (χ3v) is 5.52. The average Bonchev–Trinajstić information content (AvgIpc) is 3.11. The van der Waals surface area contributed by atoms with Crippen molar-refractivity contribution < 1.29 is 14.0 Å². The Morgan fingerprint density at radius 1 is 1.16 bits per heavy atom. The predicted octanol–water partition coefficient (Wildman–Crippen LogP) is 3.31. The number of benzene rings is 2. The molecule has 8 heteroatoms. The van der Waals surface area contributed by atoms with Crippen LogP contribution in [-0.4, -0.2) is 27.6 Å². The minimum atomic E-state index is -0.412. The van der Waals surface area contributed by atoms with Crippen molar-refractivity contribution in [1.82, 2.24) is 9.78 Å². The first-order chi connectivity index (χ1) is 15.3. The van der Waals surface area contributed by atoms with Gasteiger partial charge in [-0.05, 0) is 55.7 Å². The highest BCUT2D eigenvalue weighted by molar-refractivity contribution is 6.06. The van der Waals surface area contributed by atoms with Gasteiger partial charge in [0.15, 0.2) is 0 Å². The van der Waals surface area contributed by atoms with Gasteiger partial charge in [0.1, 0.15) is 11.5 Å². The van der Waals surface area contributed by atoms with Gasteiger partial charge in [-0.2, -0.15) is 5.10 Å². The maximum Gasteiger partial charge on any atom is 0.278 e. The van der Waals surface area contributed by atoms with E-state index in [1.807, 2.05) is 31.2 Å². The lowest BCUT2D eigenvalue weighted by atomic mass is 10.1. The molecule has 0 fully saturated rings. The Balaban J connectivity index is 1.47. The Labute approximate surface area is 184 Å². The lowest BCUT2D eigenvalue weighted by Crippen LogP contribution is -2.37. The van der Waals surface area contributed by atoms with Gasteiger partial charge < -0.3 is 10.2 Å². The van der Waals surface area contributed by atoms with Gasteiger partial charge in [-0.15, -0.1) is 0 Å². The quantitative estimate of drug-likeness (QED) is 0.668. The maximum absolute atomic E-state index is 13.7. The number of aryl methyl sites for hydroxylation is 2. The molecular formula is C24H23FN4O3. The van der Waals surface area contributed by atoms with E-state index in [0.717, 1.165) is 22.4 Å². The van der Waals surface area contributed by atoms with Crippen LogP contribution in [0.15, 0.2) is 59.4 Å². The molecule has 7 nitrogen and oxygen atoms in total. The van der Waals surface area contributed by atoms with E-state index in [-0.39, 0.29) is 36.5 Å². The number of nitrogens with one attached hydrogen (secondary N) is 1. The molecule has 2 heterocycles. The fraction of sp³-hybridized carbons (Fsp3) is 0.250. The number of amides is 2. The number of carbonyl (C=O) groups is 2. The Morgan fingerprint density at radius 3 is 2.72 bits per heavy atom. The molecular weight excluding hydrogens is 411 g/mol. The topological polar surface area (TPSA) is 84.3 Å². The molecule has 1 aliphatic rings. The minimum Gasteiger partial charge on any atom is -0.326 e. The van der Waals surface area contributed by atoms with E-state index < -0.39 is 11.4 Å². The van der Waals surface area contributed by atoms with Crippen LogP contribution < -0.4 is 15.8 Å². The van der Waals surface area contributed by atoms with E-state index in [2.05, 4.69) is 10.4 Å². The number of aromatic nitrogens is 2. The lowest BCUT2D eigenvalue weighted by Gasteiger charge is -2.22. The number of fused-ring (bicyclic) bond motifs is 1. The summed E-state index contributed by atoms with van der Waals surface area (Å²) in [7, 11) is 0. The second-order valence-corrected chi connectivity index (χ2v) is 7.90. The summed E-state index contributed by atoms with van der Waals surface area (Å²) in [6.07, 6.45) is 0.699. The van der Waals surface area contributed by atoms with Gasteiger partial charge in [-0.3, -0.25) is 14.4 Å². The van der Waals surface area contributed by atoms with Gasteiger partial charge >= 0.3 is 0 Å². The summed E-state index contributed by atoms with van der Waals surface area (Å²) in [5, 5.41) is 6.80. The van der Waals surface area contributed by atoms with Gasteiger partial charge in [0.05, 0.1) is 6.54 Å². The molecule has 4 rings (SSSR count). The number of carbonyl (C=O) groups excluding carboxylic acids is 2. The summed E-state index contributed by atoms with van der Waals surface area (Å²) in [6, 6.07) is 14.8. The van der Waals surface area contributed by atoms with E-state index in [9.17, 15) is 18.8 Å². The highest BCUT2D eigenvalue weighted by Crippen LogP contribution is 2.32. The zero-order chi connectivity index (χ0) is 22.8. The van der Waals surface area contributed by atoms with Crippen molar-refractivity contribution >= 4 is 23.2 Å². The maximum atomic E-state index is 13.7. The van der Waals surface area contributed by atoms with Crippen LogP contribution in [0.3, 0.4) is 0 Å². The molecule has 0 saturated carbocycles. The highest BCUT2D eigenvalue weighted by Gasteiger charge is 2.32. The summed E-state index contributed by atoms with van der Waals surface area (Å²) in [4.78, 5) is 39.3. The molecule has 0 saturated heterocycles. The third-order valence-electron chi connectivity index (χ3n) is 5.52. The SMILES string of the molecule is Cc1ccc(NC(=O)CCn2nc(C(=O)N3c4ccccc4CC3C)ccc2=O)cc1F. The van der Waals surface area contributed by atoms with Crippen molar-refractivity contribution in [2.24, 2.45) is 0 Å². The number of anilines is 2. The first-order valence-corrected chi connectivity index (χ1v) is 10.4. The highest BCUT2D eigenvalue weighted by atomic mass is 19.1. The first-order valence-electron chi connectivity index (χ1n) is 10.4. The number of halogens is 1. The van der Waals surface area contributed by atoms with E-state index in [4.69, 9.17) is 0 Å². The zero-order valence-electron chi connectivity index (χ0n) is 17.8. The van der Waals surface area contributed by atoms with Gasteiger partial charge in [-0.1, -0.05) is 24.3 Å². The van der Waals surface area contributed by atoms with Crippen LogP contribution in [0.5, 0.6) is 0 Å². The molecule has 3 aromatic rings. The van der Waals surface area contributed by atoms with E-state index in [0.29, 0.717) is 11.3 Å². The molecule has 0 spiro atoms. The largest absolute Gasteiger partial charge is 0.326 e. The van der Waals surface area contributed by atoms with Crippen LogP contribution in [0.2, 0.25) is 0 Å². The Morgan fingerprint density at radius 2 is 1.94 bits per heavy atom. The second kappa shape index (κ2) is 8.74. The smallest absolute Gasteiger partial charge is 0.278 e. The van der Waals surface area contributed by atoms with Gasteiger partial charge in [0.2, 0.25) is 5.91 Å². The number of nitrogens with zero attached hydrogens (tertiary/aromatic N) is 3. The zero-order valence-corrected chi connectivity index (χ0v) is 17.8.